The number of carbonyl (C=O) groups is 2. The molecule has 1 aromatic carbocycles. The average molecular weight is 509 g/mol. The Morgan fingerprint density at radius 2 is 1.92 bits per heavy atom. The zero-order chi connectivity index (χ0) is 26.4. The lowest BCUT2D eigenvalue weighted by atomic mass is 10.1. The number of nitrogens with one attached hydrogen (secondary N) is 1. The van der Waals surface area contributed by atoms with Crippen LogP contribution in [0.25, 0.3) is 11.4 Å². The summed E-state index contributed by atoms with van der Waals surface area (Å²) in [4.78, 5) is 29.5. The van der Waals surface area contributed by atoms with E-state index in [1.807, 2.05) is 0 Å². The van der Waals surface area contributed by atoms with Crippen molar-refractivity contribution >= 4 is 11.8 Å². The van der Waals surface area contributed by atoms with Crippen LogP contribution in [0.5, 0.6) is 0 Å². The van der Waals surface area contributed by atoms with Crippen LogP contribution in [-0.4, -0.2) is 43.5 Å². The Bertz CT molecular complexity index is 1310. The Hall–Kier alpha value is -4.28. The predicted octanol–water partition coefficient (Wildman–Crippen LogP) is 3.91. The first-order valence-electron chi connectivity index (χ1n) is 12.0. The second-order valence-electron chi connectivity index (χ2n) is 9.08. The average Bonchev–Trinajstić information content (AvgIpc) is 3.62. The summed E-state index contributed by atoms with van der Waals surface area (Å²) in [5.41, 5.74) is 0.556. The van der Waals surface area contributed by atoms with Gasteiger partial charge in [-0.05, 0) is 73.0 Å². The van der Waals surface area contributed by atoms with Crippen molar-refractivity contribution in [2.24, 2.45) is 5.92 Å². The van der Waals surface area contributed by atoms with Crippen molar-refractivity contribution in [1.29, 1.82) is 0 Å². The Morgan fingerprint density at radius 1 is 1.14 bits per heavy atom. The monoisotopic (exact) mass is 508 g/mol. The van der Waals surface area contributed by atoms with E-state index in [-0.39, 0.29) is 30.6 Å². The quantitative estimate of drug-likeness (QED) is 0.326. The summed E-state index contributed by atoms with van der Waals surface area (Å²) >= 11 is 0. The molecule has 0 aliphatic carbocycles. The third-order valence-electron chi connectivity index (χ3n) is 5.67. The summed E-state index contributed by atoms with van der Waals surface area (Å²) in [5.74, 6) is 0.890. The summed E-state index contributed by atoms with van der Waals surface area (Å²) in [6, 6.07) is 11.5. The number of rotatable bonds is 11. The predicted molar refractivity (Wildman–Crippen MR) is 131 cm³/mol. The number of furan rings is 2. The Kier molecular flexibility index (Phi) is 8.11. The summed E-state index contributed by atoms with van der Waals surface area (Å²) in [5, 5.41) is 15.1. The van der Waals surface area contributed by atoms with Crippen molar-refractivity contribution in [3.63, 3.8) is 0 Å². The first-order valence-corrected chi connectivity index (χ1v) is 12.0. The van der Waals surface area contributed by atoms with E-state index in [2.05, 4.69) is 34.6 Å². The molecule has 0 aliphatic heterocycles. The SMILES string of the molecule is Cc1ccc([C@@H](C(=O)NCCC(C)C)N(Cc2ccco2)C(=O)Cn2nnc(-c3ccc(F)cc3)n2)o1. The molecule has 10 nitrogen and oxygen atoms in total. The lowest BCUT2D eigenvalue weighted by molar-refractivity contribution is -0.143. The van der Waals surface area contributed by atoms with Crippen LogP contribution in [0.15, 0.2) is 63.6 Å². The minimum absolute atomic E-state index is 0.0212. The van der Waals surface area contributed by atoms with Gasteiger partial charge in [0.15, 0.2) is 6.04 Å². The molecule has 1 N–H and O–H groups in total. The van der Waals surface area contributed by atoms with Crippen LogP contribution >= 0.6 is 0 Å². The van der Waals surface area contributed by atoms with E-state index in [9.17, 15) is 14.0 Å². The minimum atomic E-state index is -1.04. The van der Waals surface area contributed by atoms with E-state index >= 15 is 0 Å². The van der Waals surface area contributed by atoms with Crippen molar-refractivity contribution in [1.82, 2.24) is 30.4 Å². The molecule has 37 heavy (non-hydrogen) atoms. The van der Waals surface area contributed by atoms with Crippen molar-refractivity contribution < 1.29 is 22.8 Å². The molecule has 0 bridgehead atoms. The van der Waals surface area contributed by atoms with Gasteiger partial charge in [-0.15, -0.1) is 10.2 Å². The molecule has 0 spiro atoms. The number of tetrazole rings is 1. The third-order valence-corrected chi connectivity index (χ3v) is 5.67. The molecule has 0 saturated carbocycles. The van der Waals surface area contributed by atoms with Gasteiger partial charge in [0.05, 0.1) is 12.8 Å². The molecule has 1 atom stereocenters. The topological polar surface area (TPSA) is 119 Å². The molecule has 0 saturated heterocycles. The summed E-state index contributed by atoms with van der Waals surface area (Å²) in [6.45, 7) is 6.10. The molecule has 4 aromatic rings. The van der Waals surface area contributed by atoms with Crippen LogP contribution in [-0.2, 0) is 22.7 Å². The molecule has 3 heterocycles. The van der Waals surface area contributed by atoms with Crippen LogP contribution in [0.3, 0.4) is 0 Å². The van der Waals surface area contributed by atoms with E-state index in [0.29, 0.717) is 35.3 Å². The molecular formula is C26H29FN6O4. The van der Waals surface area contributed by atoms with Gasteiger partial charge in [-0.1, -0.05) is 13.8 Å². The van der Waals surface area contributed by atoms with Crippen molar-refractivity contribution in [2.45, 2.75) is 46.3 Å². The Morgan fingerprint density at radius 3 is 2.57 bits per heavy atom. The van der Waals surface area contributed by atoms with Gasteiger partial charge in [0.2, 0.25) is 11.7 Å². The van der Waals surface area contributed by atoms with Crippen molar-refractivity contribution in [2.75, 3.05) is 6.54 Å². The van der Waals surface area contributed by atoms with Crippen LogP contribution in [0.4, 0.5) is 4.39 Å². The highest BCUT2D eigenvalue weighted by atomic mass is 19.1. The number of aromatic nitrogens is 4. The molecular weight excluding hydrogens is 479 g/mol. The number of halogens is 1. The molecule has 0 fully saturated rings. The van der Waals surface area contributed by atoms with Crippen LogP contribution in [0.2, 0.25) is 0 Å². The normalized spacial score (nSPS) is 12.0. The zero-order valence-corrected chi connectivity index (χ0v) is 20.9. The van der Waals surface area contributed by atoms with E-state index in [1.165, 1.54) is 35.4 Å². The highest BCUT2D eigenvalue weighted by molar-refractivity contribution is 5.88. The van der Waals surface area contributed by atoms with Gasteiger partial charge in [-0.3, -0.25) is 9.59 Å². The van der Waals surface area contributed by atoms with Gasteiger partial charge in [-0.2, -0.15) is 4.80 Å². The van der Waals surface area contributed by atoms with E-state index in [4.69, 9.17) is 8.83 Å². The Balaban J connectivity index is 1.60. The summed E-state index contributed by atoms with van der Waals surface area (Å²) < 4.78 is 24.5. The number of carbonyl (C=O) groups excluding carboxylic acids is 2. The molecule has 0 unspecified atom stereocenters. The Labute approximate surface area is 213 Å². The highest BCUT2D eigenvalue weighted by Crippen LogP contribution is 2.26. The van der Waals surface area contributed by atoms with Crippen molar-refractivity contribution in [3.8, 4) is 11.4 Å². The molecule has 0 radical (unpaired) electrons. The van der Waals surface area contributed by atoms with Gasteiger partial charge >= 0.3 is 0 Å². The minimum Gasteiger partial charge on any atom is -0.467 e. The maximum Gasteiger partial charge on any atom is 0.250 e. The molecule has 3 aromatic heterocycles. The standard InChI is InChI=1S/C26H29FN6O4/c1-17(2)12-13-28-26(35)24(22-11-6-18(3)37-22)32(15-21-5-4-14-36-21)23(34)16-33-30-25(29-31-33)19-7-9-20(27)10-8-19/h4-11,14,17,24H,12-13,15-16H2,1-3H3,(H,28,35)/t24-/m0/s1. The number of nitrogens with zero attached hydrogens (tertiary/aromatic N) is 5. The lowest BCUT2D eigenvalue weighted by Gasteiger charge is -2.29. The van der Waals surface area contributed by atoms with E-state index in [0.717, 1.165) is 11.2 Å². The summed E-state index contributed by atoms with van der Waals surface area (Å²) in [6.07, 6.45) is 2.29. The smallest absolute Gasteiger partial charge is 0.250 e. The number of benzene rings is 1. The van der Waals surface area contributed by atoms with Gasteiger partial charge in [-0.25, -0.2) is 4.39 Å². The van der Waals surface area contributed by atoms with Gasteiger partial charge in [0.1, 0.15) is 29.6 Å². The zero-order valence-electron chi connectivity index (χ0n) is 20.9. The number of hydrogen-bond donors (Lipinski definition) is 1. The van der Waals surface area contributed by atoms with Gasteiger partial charge < -0.3 is 19.1 Å². The second-order valence-corrected chi connectivity index (χ2v) is 9.08. The third kappa shape index (κ3) is 6.69. The van der Waals surface area contributed by atoms with Gasteiger partial charge in [0, 0.05) is 12.1 Å². The molecule has 2 amide bonds. The highest BCUT2D eigenvalue weighted by Gasteiger charge is 2.35. The maximum absolute atomic E-state index is 13.6. The number of amides is 2. The van der Waals surface area contributed by atoms with Crippen LogP contribution in [0.1, 0.15) is 43.6 Å². The van der Waals surface area contributed by atoms with Gasteiger partial charge in [0.25, 0.3) is 5.91 Å². The fourth-order valence-corrected chi connectivity index (χ4v) is 3.74. The molecule has 194 valence electrons. The van der Waals surface area contributed by atoms with E-state index in [1.54, 1.807) is 31.2 Å². The first-order chi connectivity index (χ1) is 17.8. The van der Waals surface area contributed by atoms with Crippen LogP contribution in [0, 0.1) is 18.7 Å². The molecule has 0 aliphatic rings. The fourth-order valence-electron chi connectivity index (χ4n) is 3.74. The number of hydrogen-bond acceptors (Lipinski definition) is 7. The first kappa shape index (κ1) is 25.8. The van der Waals surface area contributed by atoms with E-state index < -0.39 is 11.9 Å². The van der Waals surface area contributed by atoms with Crippen molar-refractivity contribution in [3.05, 3.63) is 77.9 Å². The van der Waals surface area contributed by atoms with Crippen LogP contribution < -0.4 is 5.32 Å². The largest absolute Gasteiger partial charge is 0.467 e. The maximum atomic E-state index is 13.6. The lowest BCUT2D eigenvalue weighted by Crippen LogP contribution is -2.45. The second kappa shape index (κ2) is 11.6. The molecule has 11 heteroatoms. The summed E-state index contributed by atoms with van der Waals surface area (Å²) in [7, 11) is 0. The fraction of sp³-hybridized carbons (Fsp3) is 0.346. The molecule has 4 rings (SSSR count). The number of aryl methyl sites for hydroxylation is 1.